The van der Waals surface area contributed by atoms with Gasteiger partial charge in [0.15, 0.2) is 6.61 Å². The SMILES string of the molecule is O=C(CN1CCCCC1)N/N=C\c1ccc(OCC(=O)Nc2cccc(Cl)c2)cc1. The molecule has 7 nitrogen and oxygen atoms in total. The number of rotatable bonds is 8. The topological polar surface area (TPSA) is 83.0 Å². The van der Waals surface area contributed by atoms with Crippen molar-refractivity contribution in [1.29, 1.82) is 0 Å². The van der Waals surface area contributed by atoms with Gasteiger partial charge < -0.3 is 10.1 Å². The summed E-state index contributed by atoms with van der Waals surface area (Å²) in [5.74, 6) is 0.167. The maximum absolute atomic E-state index is 12.0. The predicted molar refractivity (Wildman–Crippen MR) is 118 cm³/mol. The number of halogens is 1. The number of hydrogen-bond acceptors (Lipinski definition) is 5. The number of hydrazone groups is 1. The van der Waals surface area contributed by atoms with E-state index in [1.54, 1.807) is 54.7 Å². The van der Waals surface area contributed by atoms with E-state index in [0.717, 1.165) is 31.5 Å². The average Bonchev–Trinajstić information content (AvgIpc) is 2.74. The molecule has 1 saturated heterocycles. The Morgan fingerprint density at radius 1 is 1.07 bits per heavy atom. The predicted octanol–water partition coefficient (Wildman–Crippen LogP) is 3.29. The lowest BCUT2D eigenvalue weighted by Crippen LogP contribution is -2.38. The van der Waals surface area contributed by atoms with Gasteiger partial charge >= 0.3 is 0 Å². The number of benzene rings is 2. The van der Waals surface area contributed by atoms with Crippen LogP contribution in [-0.4, -0.2) is 49.2 Å². The van der Waals surface area contributed by atoms with Crippen LogP contribution in [0.3, 0.4) is 0 Å². The quantitative estimate of drug-likeness (QED) is 0.499. The highest BCUT2D eigenvalue weighted by Gasteiger charge is 2.13. The second-order valence-corrected chi connectivity index (χ2v) is 7.48. The van der Waals surface area contributed by atoms with Crippen LogP contribution >= 0.6 is 11.6 Å². The molecule has 2 aromatic carbocycles. The van der Waals surface area contributed by atoms with Gasteiger partial charge in [0.2, 0.25) is 0 Å². The minimum Gasteiger partial charge on any atom is -0.484 e. The van der Waals surface area contributed by atoms with Crippen molar-refractivity contribution in [3.05, 3.63) is 59.1 Å². The van der Waals surface area contributed by atoms with Crippen molar-refractivity contribution in [2.45, 2.75) is 19.3 Å². The third-order valence-corrected chi connectivity index (χ3v) is 4.81. The molecule has 158 valence electrons. The van der Waals surface area contributed by atoms with E-state index in [1.807, 2.05) is 0 Å². The summed E-state index contributed by atoms with van der Waals surface area (Å²) in [4.78, 5) is 26.0. The zero-order chi connectivity index (χ0) is 21.2. The third kappa shape index (κ3) is 7.50. The first kappa shape index (κ1) is 21.8. The molecule has 1 heterocycles. The molecule has 1 aliphatic heterocycles. The zero-order valence-electron chi connectivity index (χ0n) is 16.6. The lowest BCUT2D eigenvalue weighted by atomic mass is 10.1. The lowest BCUT2D eigenvalue weighted by molar-refractivity contribution is -0.122. The number of amides is 2. The highest BCUT2D eigenvalue weighted by atomic mass is 35.5. The third-order valence-electron chi connectivity index (χ3n) is 4.58. The number of likely N-dealkylation sites (tertiary alicyclic amines) is 1. The normalized spacial score (nSPS) is 14.4. The first-order chi connectivity index (χ1) is 14.6. The van der Waals surface area contributed by atoms with E-state index in [0.29, 0.717) is 23.0 Å². The minimum atomic E-state index is -0.278. The maximum Gasteiger partial charge on any atom is 0.262 e. The highest BCUT2D eigenvalue weighted by molar-refractivity contribution is 6.30. The van der Waals surface area contributed by atoms with Crippen LogP contribution in [0, 0.1) is 0 Å². The number of carbonyl (C=O) groups excluding carboxylic acids is 2. The van der Waals surface area contributed by atoms with E-state index in [9.17, 15) is 9.59 Å². The Morgan fingerprint density at radius 3 is 2.57 bits per heavy atom. The largest absolute Gasteiger partial charge is 0.484 e. The van der Waals surface area contributed by atoms with Crippen molar-refractivity contribution in [2.75, 3.05) is 31.6 Å². The van der Waals surface area contributed by atoms with Crippen LogP contribution < -0.4 is 15.5 Å². The molecular weight excluding hydrogens is 404 g/mol. The Morgan fingerprint density at radius 2 is 1.83 bits per heavy atom. The van der Waals surface area contributed by atoms with Gasteiger partial charge in [-0.2, -0.15) is 5.10 Å². The van der Waals surface area contributed by atoms with E-state index >= 15 is 0 Å². The molecule has 0 atom stereocenters. The Hall–Kier alpha value is -2.90. The van der Waals surface area contributed by atoms with Crippen LogP contribution in [0.25, 0.3) is 0 Å². The lowest BCUT2D eigenvalue weighted by Gasteiger charge is -2.25. The molecule has 3 rings (SSSR count). The number of piperidine rings is 1. The monoisotopic (exact) mass is 428 g/mol. The van der Waals surface area contributed by atoms with Gasteiger partial charge in [0.05, 0.1) is 12.8 Å². The fourth-order valence-corrected chi connectivity index (χ4v) is 3.29. The number of hydrogen-bond donors (Lipinski definition) is 2. The first-order valence-electron chi connectivity index (χ1n) is 9.91. The van der Waals surface area contributed by atoms with Gasteiger partial charge in [-0.3, -0.25) is 14.5 Å². The van der Waals surface area contributed by atoms with E-state index < -0.39 is 0 Å². The van der Waals surface area contributed by atoms with E-state index in [4.69, 9.17) is 16.3 Å². The molecule has 2 N–H and O–H groups in total. The molecule has 0 aliphatic carbocycles. The van der Waals surface area contributed by atoms with Crippen LogP contribution in [0.15, 0.2) is 53.6 Å². The van der Waals surface area contributed by atoms with Crippen molar-refractivity contribution < 1.29 is 14.3 Å². The van der Waals surface area contributed by atoms with Crippen molar-refractivity contribution in [1.82, 2.24) is 10.3 Å². The second-order valence-electron chi connectivity index (χ2n) is 7.05. The van der Waals surface area contributed by atoms with Gasteiger partial charge in [-0.05, 0) is 74.0 Å². The molecule has 8 heteroatoms. The van der Waals surface area contributed by atoms with Gasteiger partial charge in [-0.1, -0.05) is 24.1 Å². The summed E-state index contributed by atoms with van der Waals surface area (Å²) in [6, 6.07) is 14.0. The molecule has 0 spiro atoms. The van der Waals surface area contributed by atoms with Crippen LogP contribution in [0.4, 0.5) is 5.69 Å². The van der Waals surface area contributed by atoms with Gasteiger partial charge in [-0.15, -0.1) is 0 Å². The molecule has 0 radical (unpaired) electrons. The number of nitrogens with one attached hydrogen (secondary N) is 2. The number of anilines is 1. The molecule has 2 amide bonds. The number of ether oxygens (including phenoxy) is 1. The summed E-state index contributed by atoms with van der Waals surface area (Å²) in [6.07, 6.45) is 5.10. The van der Waals surface area contributed by atoms with Crippen LogP contribution in [0.5, 0.6) is 5.75 Å². The summed E-state index contributed by atoms with van der Waals surface area (Å²) >= 11 is 5.89. The molecule has 0 saturated carbocycles. The molecule has 1 aliphatic rings. The fourth-order valence-electron chi connectivity index (χ4n) is 3.10. The standard InChI is InChI=1S/C22H25ClN4O3/c23-18-5-4-6-19(13-18)25-22(29)16-30-20-9-7-17(8-10-20)14-24-26-21(28)15-27-11-2-1-3-12-27/h4-10,13-14H,1-3,11-12,15-16H2,(H,25,29)(H,26,28)/b24-14-. The average molecular weight is 429 g/mol. The molecule has 0 aromatic heterocycles. The molecule has 2 aromatic rings. The van der Waals surface area contributed by atoms with Crippen molar-refractivity contribution in [2.24, 2.45) is 5.10 Å². The van der Waals surface area contributed by atoms with Gasteiger partial charge in [-0.25, -0.2) is 5.43 Å². The highest BCUT2D eigenvalue weighted by Crippen LogP contribution is 2.15. The molecule has 0 unspecified atom stereocenters. The van der Waals surface area contributed by atoms with Crippen molar-refractivity contribution in [3.63, 3.8) is 0 Å². The van der Waals surface area contributed by atoms with Crippen LogP contribution in [0.1, 0.15) is 24.8 Å². The van der Waals surface area contributed by atoms with Crippen LogP contribution in [0.2, 0.25) is 5.02 Å². The Kier molecular flexibility index (Phi) is 8.23. The zero-order valence-corrected chi connectivity index (χ0v) is 17.4. The van der Waals surface area contributed by atoms with Crippen molar-refractivity contribution in [3.8, 4) is 5.75 Å². The second kappa shape index (κ2) is 11.3. The molecule has 0 bridgehead atoms. The van der Waals surface area contributed by atoms with Gasteiger partial charge in [0.25, 0.3) is 11.8 Å². The summed E-state index contributed by atoms with van der Waals surface area (Å²) in [5, 5.41) is 7.27. The fraction of sp³-hybridized carbons (Fsp3) is 0.318. The summed E-state index contributed by atoms with van der Waals surface area (Å²) in [5.41, 5.74) is 3.98. The van der Waals surface area contributed by atoms with E-state index in [-0.39, 0.29) is 18.4 Å². The van der Waals surface area contributed by atoms with E-state index in [1.165, 1.54) is 6.42 Å². The molecular formula is C22H25ClN4O3. The summed E-state index contributed by atoms with van der Waals surface area (Å²) in [7, 11) is 0. The first-order valence-corrected chi connectivity index (χ1v) is 10.3. The molecule has 30 heavy (non-hydrogen) atoms. The van der Waals surface area contributed by atoms with Crippen LogP contribution in [-0.2, 0) is 9.59 Å². The smallest absolute Gasteiger partial charge is 0.262 e. The minimum absolute atomic E-state index is 0.112. The maximum atomic E-state index is 12.0. The Bertz CT molecular complexity index is 880. The Labute approximate surface area is 181 Å². The Balaban J connectivity index is 1.39. The van der Waals surface area contributed by atoms with Gasteiger partial charge in [0, 0.05) is 10.7 Å². The van der Waals surface area contributed by atoms with Gasteiger partial charge in [0.1, 0.15) is 5.75 Å². The number of carbonyl (C=O) groups is 2. The summed E-state index contributed by atoms with van der Waals surface area (Å²) < 4.78 is 5.49. The van der Waals surface area contributed by atoms with E-state index in [2.05, 4.69) is 20.7 Å². The molecule has 1 fully saturated rings. The summed E-state index contributed by atoms with van der Waals surface area (Å²) in [6.45, 7) is 2.19. The van der Waals surface area contributed by atoms with Crippen molar-refractivity contribution >= 4 is 35.3 Å². The number of nitrogens with zero attached hydrogens (tertiary/aromatic N) is 2.